The normalized spacial score (nSPS) is 51.4. The summed E-state index contributed by atoms with van der Waals surface area (Å²) >= 11 is 0. The molecule has 0 bridgehead atoms. The minimum Gasteiger partial charge on any atom is -0.330 e. The van der Waals surface area contributed by atoms with E-state index in [1.807, 2.05) is 0 Å². The Morgan fingerprint density at radius 1 is 1.62 bits per heavy atom. The monoisotopic (exact) mass is 112 g/mol. The van der Waals surface area contributed by atoms with Crippen LogP contribution in [0.2, 0.25) is 0 Å². The molecule has 1 aliphatic heterocycles. The predicted molar refractivity (Wildman–Crippen MR) is 32.4 cm³/mol. The summed E-state index contributed by atoms with van der Waals surface area (Å²) in [6, 6.07) is 0.864. The van der Waals surface area contributed by atoms with Gasteiger partial charge in [-0.3, -0.25) is 0 Å². The molecule has 2 fully saturated rings. The molecule has 2 aliphatic rings. The molecule has 3 unspecified atom stereocenters. The minimum atomic E-state index is 0.806. The van der Waals surface area contributed by atoms with Gasteiger partial charge in [0.1, 0.15) is 0 Å². The Labute approximate surface area is 49.4 Å². The van der Waals surface area contributed by atoms with Crippen molar-refractivity contribution >= 4 is 0 Å². The molecule has 3 atom stereocenters. The molecule has 0 radical (unpaired) electrons. The van der Waals surface area contributed by atoms with Crippen molar-refractivity contribution in [3.05, 3.63) is 0 Å². The maximum Gasteiger partial charge on any atom is 0.0103 e. The zero-order valence-corrected chi connectivity index (χ0v) is 4.93. The van der Waals surface area contributed by atoms with Crippen LogP contribution in [0.25, 0.3) is 0 Å². The standard InChI is InChI=1S/C6H12N2/c7-2-4-3-8-6-1-5(4)6/h4-6,8H,1-3,7H2. The van der Waals surface area contributed by atoms with Crippen molar-refractivity contribution in [3.63, 3.8) is 0 Å². The van der Waals surface area contributed by atoms with Gasteiger partial charge in [0.2, 0.25) is 0 Å². The van der Waals surface area contributed by atoms with Crippen LogP contribution >= 0.6 is 0 Å². The third-order valence-corrected chi connectivity index (χ3v) is 2.39. The molecule has 1 saturated carbocycles. The molecule has 1 saturated heterocycles. The summed E-state index contributed by atoms with van der Waals surface area (Å²) in [4.78, 5) is 0. The SMILES string of the molecule is NCC1CNC2CC12. The maximum absolute atomic E-state index is 5.51. The van der Waals surface area contributed by atoms with Crippen molar-refractivity contribution < 1.29 is 0 Å². The molecule has 8 heavy (non-hydrogen) atoms. The Morgan fingerprint density at radius 2 is 2.50 bits per heavy atom. The fraction of sp³-hybridized carbons (Fsp3) is 1.00. The molecule has 1 heterocycles. The van der Waals surface area contributed by atoms with E-state index >= 15 is 0 Å². The second-order valence-corrected chi connectivity index (χ2v) is 2.91. The van der Waals surface area contributed by atoms with E-state index in [9.17, 15) is 0 Å². The van der Waals surface area contributed by atoms with E-state index in [4.69, 9.17) is 5.73 Å². The Bertz CT molecular complexity index is 103. The first kappa shape index (κ1) is 4.77. The van der Waals surface area contributed by atoms with E-state index in [-0.39, 0.29) is 0 Å². The number of piperidine rings is 1. The van der Waals surface area contributed by atoms with Gasteiger partial charge in [-0.1, -0.05) is 0 Å². The van der Waals surface area contributed by atoms with Crippen LogP contribution in [0.5, 0.6) is 0 Å². The second-order valence-electron chi connectivity index (χ2n) is 2.91. The summed E-state index contributed by atoms with van der Waals surface area (Å²) in [5, 5.41) is 3.41. The lowest BCUT2D eigenvalue weighted by Crippen LogP contribution is -2.22. The Hall–Kier alpha value is -0.0800. The maximum atomic E-state index is 5.51. The first-order valence-corrected chi connectivity index (χ1v) is 3.35. The molecule has 0 aromatic carbocycles. The van der Waals surface area contributed by atoms with Crippen LogP contribution in [0.3, 0.4) is 0 Å². The summed E-state index contributed by atoms with van der Waals surface area (Å²) in [7, 11) is 0. The highest BCUT2D eigenvalue weighted by molar-refractivity contribution is 5.03. The van der Waals surface area contributed by atoms with Crippen molar-refractivity contribution in [1.29, 1.82) is 0 Å². The second kappa shape index (κ2) is 1.45. The van der Waals surface area contributed by atoms with Crippen molar-refractivity contribution in [2.75, 3.05) is 13.1 Å². The highest BCUT2D eigenvalue weighted by atomic mass is 15.0. The number of fused-ring (bicyclic) bond motifs is 1. The Kier molecular flexibility index (Phi) is 0.866. The largest absolute Gasteiger partial charge is 0.330 e. The molecule has 2 rings (SSSR count). The summed E-state index contributed by atoms with van der Waals surface area (Å²) in [6.45, 7) is 2.06. The van der Waals surface area contributed by atoms with Crippen molar-refractivity contribution in [1.82, 2.24) is 5.32 Å². The first-order valence-electron chi connectivity index (χ1n) is 3.35. The van der Waals surface area contributed by atoms with Gasteiger partial charge in [-0.2, -0.15) is 0 Å². The van der Waals surface area contributed by atoms with Gasteiger partial charge in [0.25, 0.3) is 0 Å². The minimum absolute atomic E-state index is 0.806. The van der Waals surface area contributed by atoms with Crippen LogP contribution in [0.15, 0.2) is 0 Å². The first-order chi connectivity index (χ1) is 3.92. The lowest BCUT2D eigenvalue weighted by Gasteiger charge is -2.04. The summed E-state index contributed by atoms with van der Waals surface area (Å²) in [5.74, 6) is 1.76. The molecule has 0 aromatic rings. The van der Waals surface area contributed by atoms with Crippen LogP contribution in [0.1, 0.15) is 6.42 Å². The number of nitrogens with one attached hydrogen (secondary N) is 1. The van der Waals surface area contributed by atoms with Gasteiger partial charge in [0.15, 0.2) is 0 Å². The highest BCUT2D eigenvalue weighted by Crippen LogP contribution is 2.41. The van der Waals surface area contributed by atoms with Crippen molar-refractivity contribution in [2.24, 2.45) is 17.6 Å². The lowest BCUT2D eigenvalue weighted by molar-refractivity contribution is 0.516. The van der Waals surface area contributed by atoms with Crippen LogP contribution < -0.4 is 11.1 Å². The number of rotatable bonds is 1. The third kappa shape index (κ3) is 0.501. The van der Waals surface area contributed by atoms with Gasteiger partial charge < -0.3 is 11.1 Å². The van der Waals surface area contributed by atoms with E-state index in [0.29, 0.717) is 0 Å². The molecule has 0 spiro atoms. The fourth-order valence-electron chi connectivity index (χ4n) is 1.68. The van der Waals surface area contributed by atoms with Crippen LogP contribution in [0, 0.1) is 11.8 Å². The molecule has 46 valence electrons. The molecular weight excluding hydrogens is 100 g/mol. The van der Waals surface area contributed by atoms with Crippen LogP contribution in [-0.4, -0.2) is 19.1 Å². The van der Waals surface area contributed by atoms with Gasteiger partial charge >= 0.3 is 0 Å². The molecular formula is C6H12N2. The molecule has 0 amide bonds. The third-order valence-electron chi connectivity index (χ3n) is 2.39. The molecule has 2 nitrogen and oxygen atoms in total. The Balaban J connectivity index is 1.97. The summed E-state index contributed by atoms with van der Waals surface area (Å²) in [5.41, 5.74) is 5.51. The molecule has 3 N–H and O–H groups in total. The zero-order chi connectivity index (χ0) is 5.56. The topological polar surface area (TPSA) is 38.0 Å². The average molecular weight is 112 g/mol. The van der Waals surface area contributed by atoms with Crippen molar-refractivity contribution in [2.45, 2.75) is 12.5 Å². The van der Waals surface area contributed by atoms with E-state index in [2.05, 4.69) is 5.32 Å². The van der Waals surface area contributed by atoms with E-state index in [1.54, 1.807) is 0 Å². The Morgan fingerprint density at radius 3 is 2.75 bits per heavy atom. The summed E-state index contributed by atoms with van der Waals surface area (Å²) in [6.07, 6.45) is 1.39. The number of nitrogens with two attached hydrogens (primary N) is 1. The predicted octanol–water partition coefficient (Wildman–Crippen LogP) is -0.447. The van der Waals surface area contributed by atoms with Gasteiger partial charge in [-0.15, -0.1) is 0 Å². The summed E-state index contributed by atoms with van der Waals surface area (Å²) < 4.78 is 0. The van der Waals surface area contributed by atoms with Crippen molar-refractivity contribution in [3.8, 4) is 0 Å². The fourth-order valence-corrected chi connectivity index (χ4v) is 1.68. The van der Waals surface area contributed by atoms with Gasteiger partial charge in [0.05, 0.1) is 0 Å². The van der Waals surface area contributed by atoms with Gasteiger partial charge in [-0.05, 0) is 31.3 Å². The van der Waals surface area contributed by atoms with E-state index in [0.717, 1.165) is 24.4 Å². The quantitative estimate of drug-likeness (QED) is 0.482. The van der Waals surface area contributed by atoms with Gasteiger partial charge in [0, 0.05) is 6.04 Å². The van der Waals surface area contributed by atoms with Gasteiger partial charge in [-0.25, -0.2) is 0 Å². The highest BCUT2D eigenvalue weighted by Gasteiger charge is 2.46. The average Bonchev–Trinajstić information content (AvgIpc) is 2.46. The van der Waals surface area contributed by atoms with E-state index < -0.39 is 0 Å². The van der Waals surface area contributed by atoms with E-state index in [1.165, 1.54) is 13.0 Å². The number of hydrogen-bond donors (Lipinski definition) is 2. The molecule has 2 heteroatoms. The number of hydrogen-bond acceptors (Lipinski definition) is 2. The van der Waals surface area contributed by atoms with Crippen LogP contribution in [0.4, 0.5) is 0 Å². The molecule has 1 aliphatic carbocycles. The van der Waals surface area contributed by atoms with Crippen LogP contribution in [-0.2, 0) is 0 Å². The lowest BCUT2D eigenvalue weighted by atomic mass is 10.1. The molecule has 0 aromatic heterocycles. The smallest absolute Gasteiger partial charge is 0.0103 e. The zero-order valence-electron chi connectivity index (χ0n) is 4.93.